The van der Waals surface area contributed by atoms with Gasteiger partial charge in [-0.05, 0) is 49.6 Å². The van der Waals surface area contributed by atoms with Crippen LogP contribution >= 0.6 is 0 Å². The predicted octanol–water partition coefficient (Wildman–Crippen LogP) is 2.56. The van der Waals surface area contributed by atoms with E-state index in [0.29, 0.717) is 5.92 Å². The molecule has 0 bridgehead atoms. The van der Waals surface area contributed by atoms with Crippen molar-refractivity contribution in [3.8, 4) is 0 Å². The number of hydrogen-bond donors (Lipinski definition) is 0. The van der Waals surface area contributed by atoms with Crippen LogP contribution in [0.2, 0.25) is 0 Å². The van der Waals surface area contributed by atoms with Crippen molar-refractivity contribution in [1.82, 2.24) is 19.8 Å². The third-order valence-corrected chi connectivity index (χ3v) is 4.90. The number of aromatic nitrogens is 2. The van der Waals surface area contributed by atoms with E-state index in [1.54, 1.807) is 18.6 Å². The Morgan fingerprint density at radius 3 is 2.72 bits per heavy atom. The summed E-state index contributed by atoms with van der Waals surface area (Å²) in [6, 6.07) is 7.94. The van der Waals surface area contributed by atoms with Gasteiger partial charge in [0, 0.05) is 51.0 Å². The first-order valence-corrected chi connectivity index (χ1v) is 8.89. The van der Waals surface area contributed by atoms with Gasteiger partial charge in [-0.2, -0.15) is 0 Å². The number of amides is 1. The number of likely N-dealkylation sites (tertiary alicyclic amines) is 1. The van der Waals surface area contributed by atoms with Crippen molar-refractivity contribution in [2.24, 2.45) is 5.92 Å². The molecule has 2 aromatic heterocycles. The highest BCUT2D eigenvalue weighted by atomic mass is 16.2. The standard InChI is InChI=1S/C20H26N4O/c1-16(19-6-4-9-22-12-19)20(25)24-10-7-18(15-24)14-23(2)13-17-5-3-8-21-11-17/h3-6,8-9,11-12,16,18H,7,10,13-15H2,1-2H3/t16-,18-/m1/s1. The highest BCUT2D eigenvalue weighted by Gasteiger charge is 2.30. The number of carbonyl (C=O) groups excluding carboxylic acids is 1. The maximum Gasteiger partial charge on any atom is 0.229 e. The summed E-state index contributed by atoms with van der Waals surface area (Å²) < 4.78 is 0. The van der Waals surface area contributed by atoms with E-state index in [0.717, 1.165) is 38.2 Å². The molecule has 0 aliphatic carbocycles. The van der Waals surface area contributed by atoms with Crippen LogP contribution < -0.4 is 0 Å². The van der Waals surface area contributed by atoms with E-state index in [9.17, 15) is 4.79 Å². The summed E-state index contributed by atoms with van der Waals surface area (Å²) in [4.78, 5) is 25.4. The highest BCUT2D eigenvalue weighted by molar-refractivity contribution is 5.83. The number of pyridine rings is 2. The molecule has 25 heavy (non-hydrogen) atoms. The Hall–Kier alpha value is -2.27. The summed E-state index contributed by atoms with van der Waals surface area (Å²) >= 11 is 0. The van der Waals surface area contributed by atoms with E-state index >= 15 is 0 Å². The largest absolute Gasteiger partial charge is 0.342 e. The average Bonchev–Trinajstić information content (AvgIpc) is 3.10. The van der Waals surface area contributed by atoms with Crippen LogP contribution in [-0.2, 0) is 11.3 Å². The molecule has 1 amide bonds. The van der Waals surface area contributed by atoms with Crippen molar-refractivity contribution in [2.75, 3.05) is 26.7 Å². The van der Waals surface area contributed by atoms with Gasteiger partial charge in [0.15, 0.2) is 0 Å². The summed E-state index contributed by atoms with van der Waals surface area (Å²) in [6.07, 6.45) is 8.31. The molecular formula is C20H26N4O. The number of carbonyl (C=O) groups is 1. The quantitative estimate of drug-likeness (QED) is 0.812. The van der Waals surface area contributed by atoms with Gasteiger partial charge in [-0.3, -0.25) is 14.8 Å². The molecule has 0 saturated carbocycles. The summed E-state index contributed by atoms with van der Waals surface area (Å²) in [5.41, 5.74) is 2.21. The number of rotatable bonds is 6. The van der Waals surface area contributed by atoms with Gasteiger partial charge >= 0.3 is 0 Å². The molecule has 132 valence electrons. The Labute approximate surface area is 149 Å². The van der Waals surface area contributed by atoms with Crippen LogP contribution in [0.1, 0.15) is 30.4 Å². The molecule has 1 aliphatic heterocycles. The SMILES string of the molecule is C[C@@H](C(=O)N1CC[C@H](CN(C)Cc2cccnc2)C1)c1cccnc1. The normalized spacial score (nSPS) is 18.5. The molecule has 0 N–H and O–H groups in total. The van der Waals surface area contributed by atoms with Crippen molar-refractivity contribution in [2.45, 2.75) is 25.8 Å². The molecule has 1 saturated heterocycles. The molecule has 0 radical (unpaired) electrons. The van der Waals surface area contributed by atoms with Crippen LogP contribution in [0, 0.1) is 5.92 Å². The third kappa shape index (κ3) is 4.63. The first-order valence-electron chi connectivity index (χ1n) is 8.89. The Kier molecular flexibility index (Phi) is 5.76. The molecule has 3 heterocycles. The molecule has 0 unspecified atom stereocenters. The van der Waals surface area contributed by atoms with Crippen LogP contribution in [0.4, 0.5) is 0 Å². The van der Waals surface area contributed by atoms with Crippen molar-refractivity contribution < 1.29 is 4.79 Å². The van der Waals surface area contributed by atoms with Gasteiger partial charge in [-0.25, -0.2) is 0 Å². The lowest BCUT2D eigenvalue weighted by Crippen LogP contribution is -2.34. The Morgan fingerprint density at radius 2 is 2.04 bits per heavy atom. The van der Waals surface area contributed by atoms with Crippen LogP contribution in [0.25, 0.3) is 0 Å². The van der Waals surface area contributed by atoms with Gasteiger partial charge in [-0.1, -0.05) is 12.1 Å². The number of hydrogen-bond acceptors (Lipinski definition) is 4. The molecular weight excluding hydrogens is 312 g/mol. The molecule has 3 rings (SSSR count). The fourth-order valence-corrected chi connectivity index (χ4v) is 3.54. The molecule has 2 atom stereocenters. The topological polar surface area (TPSA) is 49.3 Å². The monoisotopic (exact) mass is 338 g/mol. The summed E-state index contributed by atoms with van der Waals surface area (Å²) in [5.74, 6) is 0.623. The van der Waals surface area contributed by atoms with Crippen LogP contribution in [-0.4, -0.2) is 52.4 Å². The zero-order valence-electron chi connectivity index (χ0n) is 15.0. The predicted molar refractivity (Wildman–Crippen MR) is 97.9 cm³/mol. The second-order valence-electron chi connectivity index (χ2n) is 7.01. The van der Waals surface area contributed by atoms with E-state index in [-0.39, 0.29) is 11.8 Å². The van der Waals surface area contributed by atoms with E-state index in [1.165, 1.54) is 5.56 Å². The minimum absolute atomic E-state index is 0.124. The summed E-state index contributed by atoms with van der Waals surface area (Å²) in [6.45, 7) is 5.57. The van der Waals surface area contributed by atoms with E-state index in [2.05, 4.69) is 28.0 Å². The zero-order valence-corrected chi connectivity index (χ0v) is 15.0. The second kappa shape index (κ2) is 8.21. The Morgan fingerprint density at radius 1 is 1.28 bits per heavy atom. The second-order valence-corrected chi connectivity index (χ2v) is 7.01. The molecule has 5 nitrogen and oxygen atoms in total. The van der Waals surface area contributed by atoms with Crippen LogP contribution in [0.3, 0.4) is 0 Å². The zero-order chi connectivity index (χ0) is 17.6. The fraction of sp³-hybridized carbons (Fsp3) is 0.450. The maximum absolute atomic E-state index is 12.7. The minimum atomic E-state index is -0.124. The minimum Gasteiger partial charge on any atom is -0.342 e. The maximum atomic E-state index is 12.7. The van der Waals surface area contributed by atoms with Gasteiger partial charge in [-0.15, -0.1) is 0 Å². The van der Waals surface area contributed by atoms with Gasteiger partial charge in [0.2, 0.25) is 5.91 Å². The van der Waals surface area contributed by atoms with Crippen molar-refractivity contribution in [1.29, 1.82) is 0 Å². The van der Waals surface area contributed by atoms with Crippen molar-refractivity contribution >= 4 is 5.91 Å². The van der Waals surface area contributed by atoms with E-state index < -0.39 is 0 Å². The van der Waals surface area contributed by atoms with Crippen molar-refractivity contribution in [3.05, 3.63) is 60.2 Å². The summed E-state index contributed by atoms with van der Waals surface area (Å²) in [7, 11) is 2.13. The molecule has 0 aromatic carbocycles. The molecule has 0 spiro atoms. The van der Waals surface area contributed by atoms with Crippen molar-refractivity contribution in [3.63, 3.8) is 0 Å². The van der Waals surface area contributed by atoms with Gasteiger partial charge in [0.1, 0.15) is 0 Å². The average molecular weight is 338 g/mol. The summed E-state index contributed by atoms with van der Waals surface area (Å²) in [5, 5.41) is 0. The van der Waals surface area contributed by atoms with E-state index in [1.807, 2.05) is 36.2 Å². The molecule has 2 aromatic rings. The van der Waals surface area contributed by atoms with E-state index in [4.69, 9.17) is 0 Å². The smallest absolute Gasteiger partial charge is 0.229 e. The molecule has 5 heteroatoms. The number of nitrogens with zero attached hydrogens (tertiary/aromatic N) is 4. The van der Waals surface area contributed by atoms with Gasteiger partial charge in [0.25, 0.3) is 0 Å². The van der Waals surface area contributed by atoms with Gasteiger partial charge < -0.3 is 9.80 Å². The fourth-order valence-electron chi connectivity index (χ4n) is 3.54. The lowest BCUT2D eigenvalue weighted by Gasteiger charge is -2.23. The Balaban J connectivity index is 1.50. The Bertz CT molecular complexity index is 677. The third-order valence-electron chi connectivity index (χ3n) is 4.90. The lowest BCUT2D eigenvalue weighted by molar-refractivity contribution is -0.131. The van der Waals surface area contributed by atoms with Crippen LogP contribution in [0.5, 0.6) is 0 Å². The van der Waals surface area contributed by atoms with Crippen LogP contribution in [0.15, 0.2) is 49.1 Å². The lowest BCUT2D eigenvalue weighted by atomic mass is 10.0. The highest BCUT2D eigenvalue weighted by Crippen LogP contribution is 2.23. The first kappa shape index (κ1) is 17.5. The molecule has 1 fully saturated rings. The first-order chi connectivity index (χ1) is 12.1. The van der Waals surface area contributed by atoms with Gasteiger partial charge in [0.05, 0.1) is 5.92 Å². The molecule has 1 aliphatic rings.